The van der Waals surface area contributed by atoms with Crippen LogP contribution in [-0.4, -0.2) is 36.8 Å². The third-order valence-corrected chi connectivity index (χ3v) is 2.96. The van der Waals surface area contributed by atoms with Crippen molar-refractivity contribution >= 4 is 17.5 Å². The molecule has 0 saturated carbocycles. The Morgan fingerprint density at radius 3 is 2.76 bits per heavy atom. The molecule has 0 fully saturated rings. The molecule has 0 atom stereocenters. The van der Waals surface area contributed by atoms with Crippen molar-refractivity contribution in [3.8, 4) is 17.3 Å². The molecule has 0 aliphatic rings. The highest BCUT2D eigenvalue weighted by atomic mass is 35.5. The van der Waals surface area contributed by atoms with Gasteiger partial charge < -0.3 is 5.32 Å². The van der Waals surface area contributed by atoms with Crippen LogP contribution < -0.4 is 5.32 Å². The van der Waals surface area contributed by atoms with E-state index < -0.39 is 5.82 Å². The number of nitrogens with zero attached hydrogens (tertiary/aromatic N) is 6. The van der Waals surface area contributed by atoms with Gasteiger partial charge in [-0.3, -0.25) is 0 Å². The first-order chi connectivity index (χ1) is 10.2. The van der Waals surface area contributed by atoms with Crippen LogP contribution >= 0.6 is 11.6 Å². The predicted octanol–water partition coefficient (Wildman–Crippen LogP) is 1.95. The molecule has 106 valence electrons. The quantitative estimate of drug-likeness (QED) is 0.796. The second kappa shape index (κ2) is 5.41. The maximum atomic E-state index is 13.1. The van der Waals surface area contributed by atoms with E-state index >= 15 is 0 Å². The summed E-state index contributed by atoms with van der Waals surface area (Å²) in [6.07, 6.45) is 2.83. The predicted molar refractivity (Wildman–Crippen MR) is 74.7 cm³/mol. The zero-order valence-corrected chi connectivity index (χ0v) is 11.6. The van der Waals surface area contributed by atoms with Crippen molar-refractivity contribution in [2.24, 2.45) is 0 Å². The zero-order chi connectivity index (χ0) is 14.8. The molecule has 9 heteroatoms. The second-order valence-corrected chi connectivity index (χ2v) is 4.40. The number of hydrogen-bond acceptors (Lipinski definition) is 6. The number of aromatic nitrogens is 6. The van der Waals surface area contributed by atoms with E-state index in [-0.39, 0.29) is 11.0 Å². The van der Waals surface area contributed by atoms with E-state index in [9.17, 15) is 4.39 Å². The zero-order valence-electron chi connectivity index (χ0n) is 10.8. The smallest absolute Gasteiger partial charge is 0.257 e. The van der Waals surface area contributed by atoms with Crippen LogP contribution in [-0.2, 0) is 0 Å². The fourth-order valence-electron chi connectivity index (χ4n) is 1.68. The van der Waals surface area contributed by atoms with Crippen molar-refractivity contribution in [2.75, 3.05) is 12.4 Å². The van der Waals surface area contributed by atoms with Gasteiger partial charge >= 0.3 is 0 Å². The normalized spacial score (nSPS) is 10.6. The molecule has 2 heterocycles. The minimum absolute atomic E-state index is 0.216. The molecule has 3 aromatic rings. The molecule has 0 unspecified atom stereocenters. The fraction of sp³-hybridized carbons (Fsp3) is 0.0833. The Hall–Kier alpha value is -2.61. The van der Waals surface area contributed by atoms with Crippen molar-refractivity contribution in [2.45, 2.75) is 0 Å². The van der Waals surface area contributed by atoms with Crippen molar-refractivity contribution in [1.82, 2.24) is 29.7 Å². The average Bonchev–Trinajstić information content (AvgIpc) is 3.01. The summed E-state index contributed by atoms with van der Waals surface area (Å²) in [5, 5.41) is 7.01. The van der Waals surface area contributed by atoms with E-state index in [1.807, 2.05) is 0 Å². The van der Waals surface area contributed by atoms with Crippen LogP contribution in [0.3, 0.4) is 0 Å². The van der Waals surface area contributed by atoms with Gasteiger partial charge in [0, 0.05) is 12.6 Å². The molecule has 7 nitrogen and oxygen atoms in total. The Bertz CT molecular complexity index is 775. The summed E-state index contributed by atoms with van der Waals surface area (Å²) in [6, 6.07) is 4.01. The summed E-state index contributed by atoms with van der Waals surface area (Å²) in [6.45, 7) is 0. The van der Waals surface area contributed by atoms with Crippen molar-refractivity contribution in [3.05, 3.63) is 41.7 Å². The number of halogens is 2. The van der Waals surface area contributed by atoms with Gasteiger partial charge in [0.25, 0.3) is 5.95 Å². The Labute approximate surface area is 123 Å². The summed E-state index contributed by atoms with van der Waals surface area (Å²) in [5.74, 6) is 0.501. The molecular weight excluding hydrogens is 297 g/mol. The minimum Gasteiger partial charge on any atom is -0.357 e. The first-order valence-corrected chi connectivity index (χ1v) is 6.29. The van der Waals surface area contributed by atoms with E-state index in [0.29, 0.717) is 17.3 Å². The van der Waals surface area contributed by atoms with Gasteiger partial charge in [0.1, 0.15) is 18.5 Å². The topological polar surface area (TPSA) is 81.4 Å². The number of anilines is 1. The monoisotopic (exact) mass is 305 g/mol. The highest BCUT2D eigenvalue weighted by molar-refractivity contribution is 6.33. The Balaban J connectivity index is 2.16. The van der Waals surface area contributed by atoms with Crippen LogP contribution in [0.25, 0.3) is 17.3 Å². The van der Waals surface area contributed by atoms with Crippen LogP contribution in [0, 0.1) is 5.82 Å². The van der Waals surface area contributed by atoms with Crippen molar-refractivity contribution in [1.29, 1.82) is 0 Å². The fourth-order valence-corrected chi connectivity index (χ4v) is 1.93. The van der Waals surface area contributed by atoms with E-state index in [0.717, 1.165) is 0 Å². The summed E-state index contributed by atoms with van der Waals surface area (Å²) >= 11 is 6.04. The molecule has 1 aromatic carbocycles. The third-order valence-electron chi connectivity index (χ3n) is 2.64. The molecule has 1 N–H and O–H groups in total. The third kappa shape index (κ3) is 2.65. The van der Waals surface area contributed by atoms with Crippen LogP contribution in [0.15, 0.2) is 30.9 Å². The first kappa shape index (κ1) is 13.4. The van der Waals surface area contributed by atoms with E-state index in [1.54, 1.807) is 7.05 Å². The molecule has 0 amide bonds. The van der Waals surface area contributed by atoms with E-state index in [2.05, 4.69) is 30.4 Å². The molecule has 3 rings (SSSR count). The van der Waals surface area contributed by atoms with Gasteiger partial charge in [-0.25, -0.2) is 9.37 Å². The first-order valence-electron chi connectivity index (χ1n) is 5.91. The maximum Gasteiger partial charge on any atom is 0.257 e. The lowest BCUT2D eigenvalue weighted by molar-refractivity contribution is 0.628. The summed E-state index contributed by atoms with van der Waals surface area (Å²) < 4.78 is 14.5. The molecule has 21 heavy (non-hydrogen) atoms. The molecule has 2 aromatic heterocycles. The van der Waals surface area contributed by atoms with Gasteiger partial charge in [-0.2, -0.15) is 24.7 Å². The Morgan fingerprint density at radius 2 is 2.10 bits per heavy atom. The van der Waals surface area contributed by atoms with Crippen molar-refractivity contribution in [3.63, 3.8) is 0 Å². The second-order valence-electron chi connectivity index (χ2n) is 4.00. The van der Waals surface area contributed by atoms with Gasteiger partial charge in [-0.1, -0.05) is 11.6 Å². The molecule has 0 aliphatic carbocycles. The Kier molecular flexibility index (Phi) is 3.44. The summed E-state index contributed by atoms with van der Waals surface area (Å²) in [5.41, 5.74) is 0.498. The Morgan fingerprint density at radius 1 is 1.24 bits per heavy atom. The van der Waals surface area contributed by atoms with Gasteiger partial charge in [-0.05, 0) is 18.2 Å². The molecular formula is C12H9ClFN7. The minimum atomic E-state index is -0.428. The van der Waals surface area contributed by atoms with Crippen LogP contribution in [0.4, 0.5) is 10.3 Å². The maximum absolute atomic E-state index is 13.1. The van der Waals surface area contributed by atoms with Gasteiger partial charge in [0.15, 0.2) is 5.82 Å². The van der Waals surface area contributed by atoms with Crippen LogP contribution in [0.2, 0.25) is 5.02 Å². The van der Waals surface area contributed by atoms with Gasteiger partial charge in [-0.15, -0.1) is 0 Å². The lowest BCUT2D eigenvalue weighted by Crippen LogP contribution is -2.08. The standard InChI is InChI=1S/C12H9ClFN7/c1-15-11-18-10(8-3-2-7(14)4-9(8)13)19-12(20-11)21-6-16-5-17-21/h2-6H,1H3,(H,15,18,19,20). The SMILES string of the molecule is CNc1nc(-c2ccc(F)cc2Cl)nc(-n2cncn2)n1. The van der Waals surface area contributed by atoms with Gasteiger partial charge in [0.05, 0.1) is 5.02 Å². The largest absolute Gasteiger partial charge is 0.357 e. The van der Waals surface area contributed by atoms with Crippen LogP contribution in [0.1, 0.15) is 0 Å². The molecule has 0 bridgehead atoms. The number of rotatable bonds is 3. The molecule has 0 aliphatic heterocycles. The number of nitrogens with one attached hydrogen (secondary N) is 1. The average molecular weight is 306 g/mol. The summed E-state index contributed by atoms with van der Waals surface area (Å²) in [7, 11) is 1.68. The van der Waals surface area contributed by atoms with Gasteiger partial charge in [0.2, 0.25) is 5.95 Å². The summed E-state index contributed by atoms with van der Waals surface area (Å²) in [4.78, 5) is 16.5. The highest BCUT2D eigenvalue weighted by Gasteiger charge is 2.13. The van der Waals surface area contributed by atoms with Crippen LogP contribution in [0.5, 0.6) is 0 Å². The molecule has 0 spiro atoms. The molecule has 0 saturated heterocycles. The number of benzene rings is 1. The van der Waals surface area contributed by atoms with Crippen molar-refractivity contribution < 1.29 is 4.39 Å². The molecule has 0 radical (unpaired) electrons. The number of hydrogen-bond donors (Lipinski definition) is 1. The van der Waals surface area contributed by atoms with E-state index in [1.165, 1.54) is 35.5 Å². The lowest BCUT2D eigenvalue weighted by Gasteiger charge is -2.07. The lowest BCUT2D eigenvalue weighted by atomic mass is 10.2. The highest BCUT2D eigenvalue weighted by Crippen LogP contribution is 2.26. The van der Waals surface area contributed by atoms with E-state index in [4.69, 9.17) is 11.6 Å².